The first kappa shape index (κ1) is 21.2. The summed E-state index contributed by atoms with van der Waals surface area (Å²) in [5.41, 5.74) is 2.59. The second kappa shape index (κ2) is 7.90. The number of nitrogens with zero attached hydrogens (tertiary/aromatic N) is 2. The third-order valence-electron chi connectivity index (χ3n) is 5.35. The molecular weight excluding hydrogens is 444 g/mol. The van der Waals surface area contributed by atoms with Crippen molar-refractivity contribution in [2.45, 2.75) is 53.5 Å². The summed E-state index contributed by atoms with van der Waals surface area (Å²) >= 11 is 7.46. The molecule has 0 radical (unpaired) electrons. The fourth-order valence-corrected chi connectivity index (χ4v) is 6.38. The molecule has 1 unspecified atom stereocenters. The van der Waals surface area contributed by atoms with E-state index in [1.807, 2.05) is 19.1 Å². The summed E-state index contributed by atoms with van der Waals surface area (Å²) in [7, 11) is -3.58. The Kier molecular flexibility index (Phi) is 5.59. The number of halogens is 1. The average molecular weight is 465 g/mol. The Morgan fingerprint density at radius 3 is 2.67 bits per heavy atom. The van der Waals surface area contributed by atoms with Crippen LogP contribution in [0.4, 0.5) is 0 Å². The largest absolute Gasteiger partial charge is 0.481 e. The summed E-state index contributed by atoms with van der Waals surface area (Å²) in [4.78, 5) is 17.5. The molecular formula is C21H21ClN2O4S2. The van der Waals surface area contributed by atoms with Crippen LogP contribution < -0.4 is 0 Å². The van der Waals surface area contributed by atoms with E-state index in [9.17, 15) is 18.3 Å². The topological polar surface area (TPSA) is 89.3 Å². The van der Waals surface area contributed by atoms with Crippen molar-refractivity contribution in [2.75, 3.05) is 6.26 Å². The van der Waals surface area contributed by atoms with Gasteiger partial charge in [0.1, 0.15) is 0 Å². The maximum absolute atomic E-state index is 12.6. The number of hydrogen-bond acceptors (Lipinski definition) is 5. The van der Waals surface area contributed by atoms with E-state index in [0.29, 0.717) is 10.4 Å². The zero-order valence-electron chi connectivity index (χ0n) is 16.6. The molecule has 1 aliphatic rings. The number of aromatic nitrogens is 2. The van der Waals surface area contributed by atoms with Crippen molar-refractivity contribution in [2.24, 2.45) is 0 Å². The number of benzene rings is 1. The van der Waals surface area contributed by atoms with E-state index in [1.165, 1.54) is 11.8 Å². The molecule has 1 aromatic carbocycles. The van der Waals surface area contributed by atoms with Gasteiger partial charge >= 0.3 is 5.97 Å². The third kappa shape index (κ3) is 3.84. The Hall–Kier alpha value is -2.03. The van der Waals surface area contributed by atoms with Crippen LogP contribution in [0.1, 0.15) is 36.4 Å². The second-order valence-electron chi connectivity index (χ2n) is 7.60. The van der Waals surface area contributed by atoms with Crippen molar-refractivity contribution in [3.05, 3.63) is 46.7 Å². The van der Waals surface area contributed by atoms with Gasteiger partial charge in [0.05, 0.1) is 17.3 Å². The summed E-state index contributed by atoms with van der Waals surface area (Å²) in [5, 5.41) is 10.7. The molecule has 0 aliphatic carbocycles. The van der Waals surface area contributed by atoms with Crippen molar-refractivity contribution in [3.8, 4) is 0 Å². The van der Waals surface area contributed by atoms with Crippen LogP contribution in [-0.4, -0.2) is 35.3 Å². The van der Waals surface area contributed by atoms with Crippen LogP contribution in [0, 0.1) is 6.92 Å². The number of sulfone groups is 1. The molecule has 0 amide bonds. The van der Waals surface area contributed by atoms with Crippen LogP contribution in [0.25, 0.3) is 10.9 Å². The molecule has 9 heteroatoms. The van der Waals surface area contributed by atoms with E-state index < -0.39 is 15.8 Å². The predicted octanol–water partition coefficient (Wildman–Crippen LogP) is 4.90. The van der Waals surface area contributed by atoms with E-state index in [1.54, 1.807) is 18.3 Å². The SMILES string of the molecule is Cc1cnc(S(C)(=O)=O)c2c(Sc3ccc(Cl)cc3)c3n(c12)CCCC3CC(=O)O. The molecule has 3 heterocycles. The Bertz CT molecular complexity index is 1250. The van der Waals surface area contributed by atoms with Gasteiger partial charge in [0.25, 0.3) is 0 Å². The smallest absolute Gasteiger partial charge is 0.304 e. The van der Waals surface area contributed by atoms with Crippen LogP contribution in [0.2, 0.25) is 5.02 Å². The van der Waals surface area contributed by atoms with Crippen molar-refractivity contribution in [3.63, 3.8) is 0 Å². The van der Waals surface area contributed by atoms with E-state index in [2.05, 4.69) is 9.55 Å². The number of carbonyl (C=O) groups is 1. The number of carboxylic acids is 1. The molecule has 1 N–H and O–H groups in total. The van der Waals surface area contributed by atoms with Crippen LogP contribution >= 0.6 is 23.4 Å². The van der Waals surface area contributed by atoms with Crippen LogP contribution in [0.5, 0.6) is 0 Å². The Balaban J connectivity index is 2.06. The van der Waals surface area contributed by atoms with Gasteiger partial charge in [-0.2, -0.15) is 0 Å². The maximum Gasteiger partial charge on any atom is 0.304 e. The number of rotatable bonds is 5. The molecule has 0 bridgehead atoms. The number of aliphatic carboxylic acids is 1. The van der Waals surface area contributed by atoms with Gasteiger partial charge in [-0.05, 0) is 49.6 Å². The van der Waals surface area contributed by atoms with Crippen LogP contribution in [0.3, 0.4) is 0 Å². The Morgan fingerprint density at radius 1 is 1.33 bits per heavy atom. The van der Waals surface area contributed by atoms with Gasteiger partial charge < -0.3 is 9.67 Å². The zero-order chi connectivity index (χ0) is 21.6. The Labute approximate surface area is 184 Å². The normalized spacial score (nSPS) is 16.6. The molecule has 6 nitrogen and oxygen atoms in total. The third-order valence-corrected chi connectivity index (χ3v) is 7.74. The summed E-state index contributed by atoms with van der Waals surface area (Å²) < 4.78 is 27.3. The first-order valence-electron chi connectivity index (χ1n) is 9.53. The first-order valence-corrected chi connectivity index (χ1v) is 12.6. The number of pyridine rings is 1. The molecule has 0 spiro atoms. The lowest BCUT2D eigenvalue weighted by Gasteiger charge is -2.25. The molecule has 3 aromatic rings. The highest BCUT2D eigenvalue weighted by atomic mass is 35.5. The number of carboxylic acid groups (broad SMARTS) is 1. The van der Waals surface area contributed by atoms with Gasteiger partial charge in [-0.25, -0.2) is 13.4 Å². The summed E-state index contributed by atoms with van der Waals surface area (Å²) in [6.07, 6.45) is 4.34. The standard InChI is InChI=1S/C21H21ClN2O4S2/c1-12-11-23-21(30(2,27)28)17-18(12)24-9-3-4-13(10-16(25)26)19(24)20(17)29-15-7-5-14(22)6-8-15/h5-8,11,13H,3-4,9-10H2,1-2H3,(H,25,26). The molecule has 1 aliphatic heterocycles. The van der Waals surface area contributed by atoms with Crippen LogP contribution in [0.15, 0.2) is 45.3 Å². The van der Waals surface area contributed by atoms with E-state index in [4.69, 9.17) is 11.6 Å². The van der Waals surface area contributed by atoms with E-state index in [-0.39, 0.29) is 17.4 Å². The fourth-order valence-electron chi connectivity index (χ4n) is 4.19. The minimum Gasteiger partial charge on any atom is -0.481 e. The van der Waals surface area contributed by atoms with Crippen molar-refractivity contribution >= 4 is 50.1 Å². The Morgan fingerprint density at radius 2 is 2.03 bits per heavy atom. The van der Waals surface area contributed by atoms with Crippen molar-refractivity contribution < 1.29 is 18.3 Å². The monoisotopic (exact) mass is 464 g/mol. The lowest BCUT2D eigenvalue weighted by molar-refractivity contribution is -0.137. The summed E-state index contributed by atoms with van der Waals surface area (Å²) in [6, 6.07) is 7.32. The highest BCUT2D eigenvalue weighted by molar-refractivity contribution is 7.99. The van der Waals surface area contributed by atoms with E-state index in [0.717, 1.165) is 52.2 Å². The number of aryl methyl sites for hydroxylation is 2. The lowest BCUT2D eigenvalue weighted by atomic mass is 9.93. The highest BCUT2D eigenvalue weighted by Gasteiger charge is 2.33. The summed E-state index contributed by atoms with van der Waals surface area (Å²) in [6.45, 7) is 2.63. The minimum absolute atomic E-state index is 0.00514. The number of hydrogen-bond donors (Lipinski definition) is 1. The quantitative estimate of drug-likeness (QED) is 0.577. The van der Waals surface area contributed by atoms with Gasteiger partial charge in [0, 0.05) is 45.4 Å². The zero-order valence-corrected chi connectivity index (χ0v) is 18.9. The predicted molar refractivity (Wildman–Crippen MR) is 117 cm³/mol. The second-order valence-corrected chi connectivity index (χ2v) is 11.1. The summed E-state index contributed by atoms with van der Waals surface area (Å²) in [5.74, 6) is -1.05. The minimum atomic E-state index is -3.58. The van der Waals surface area contributed by atoms with Gasteiger partial charge in [-0.15, -0.1) is 0 Å². The molecule has 30 heavy (non-hydrogen) atoms. The highest BCUT2D eigenvalue weighted by Crippen LogP contribution is 2.47. The molecule has 0 saturated carbocycles. The molecule has 1 atom stereocenters. The molecule has 0 saturated heterocycles. The molecule has 2 aromatic heterocycles. The average Bonchev–Trinajstić information content (AvgIpc) is 2.98. The first-order chi connectivity index (χ1) is 14.2. The van der Waals surface area contributed by atoms with Gasteiger partial charge in [0.15, 0.2) is 14.9 Å². The lowest BCUT2D eigenvalue weighted by Crippen LogP contribution is -2.18. The molecule has 4 rings (SSSR count). The van der Waals surface area contributed by atoms with Crippen molar-refractivity contribution in [1.82, 2.24) is 9.55 Å². The molecule has 158 valence electrons. The van der Waals surface area contributed by atoms with E-state index >= 15 is 0 Å². The van der Waals surface area contributed by atoms with Crippen LogP contribution in [-0.2, 0) is 21.2 Å². The van der Waals surface area contributed by atoms with Crippen molar-refractivity contribution in [1.29, 1.82) is 0 Å². The number of fused-ring (bicyclic) bond motifs is 3. The fraction of sp³-hybridized carbons (Fsp3) is 0.333. The maximum atomic E-state index is 12.6. The van der Waals surface area contributed by atoms with Gasteiger partial charge in [0.2, 0.25) is 0 Å². The van der Waals surface area contributed by atoms with Gasteiger partial charge in [-0.3, -0.25) is 4.79 Å². The van der Waals surface area contributed by atoms with Gasteiger partial charge in [-0.1, -0.05) is 23.4 Å². The molecule has 0 fully saturated rings.